The van der Waals surface area contributed by atoms with E-state index in [2.05, 4.69) is 27.3 Å². The van der Waals surface area contributed by atoms with Crippen molar-refractivity contribution in [2.75, 3.05) is 19.7 Å². The highest BCUT2D eigenvalue weighted by Gasteiger charge is 2.27. The maximum Gasteiger partial charge on any atom is 0.165 e. The van der Waals surface area contributed by atoms with Gasteiger partial charge in [-0.05, 0) is 16.8 Å². The zero-order chi connectivity index (χ0) is 10.7. The quantitative estimate of drug-likeness (QED) is 0.711. The number of hydrogen-bond acceptors (Lipinski definition) is 5. The number of hydrogen-bond donors (Lipinski definition) is 1. The van der Waals surface area contributed by atoms with Crippen LogP contribution in [0.15, 0.2) is 0 Å². The number of nitrogens with zero attached hydrogens (tertiary/aromatic N) is 5. The molecule has 1 aliphatic heterocycles. The highest BCUT2D eigenvalue weighted by atomic mass is 16.3. The number of aromatic nitrogens is 4. The van der Waals surface area contributed by atoms with Crippen LogP contribution in [0.1, 0.15) is 19.2 Å². The van der Waals surface area contributed by atoms with Crippen molar-refractivity contribution in [3.8, 4) is 0 Å². The van der Waals surface area contributed by atoms with Crippen molar-refractivity contribution in [3.63, 3.8) is 0 Å². The monoisotopic (exact) mass is 211 g/mol. The van der Waals surface area contributed by atoms with E-state index in [0.29, 0.717) is 5.92 Å². The van der Waals surface area contributed by atoms with Gasteiger partial charge in [0.2, 0.25) is 0 Å². The molecule has 0 atom stereocenters. The lowest BCUT2D eigenvalue weighted by Gasteiger charge is -2.37. The summed E-state index contributed by atoms with van der Waals surface area (Å²) in [6, 6.07) is 0. The summed E-state index contributed by atoms with van der Waals surface area (Å²) >= 11 is 0. The maximum absolute atomic E-state index is 8.90. The Kier molecular flexibility index (Phi) is 3.27. The van der Waals surface area contributed by atoms with Gasteiger partial charge >= 0.3 is 0 Å². The van der Waals surface area contributed by atoms with Gasteiger partial charge in [-0.2, -0.15) is 0 Å². The molecule has 84 valence electrons. The molecule has 0 amide bonds. The number of likely N-dealkylation sites (tertiary alicyclic amines) is 1. The fraction of sp³-hybridized carbons (Fsp3) is 0.889. The first kappa shape index (κ1) is 10.5. The van der Waals surface area contributed by atoms with E-state index in [1.165, 1.54) is 0 Å². The van der Waals surface area contributed by atoms with Crippen molar-refractivity contribution in [2.45, 2.75) is 26.4 Å². The van der Waals surface area contributed by atoms with Crippen LogP contribution in [-0.2, 0) is 13.1 Å². The number of aliphatic hydroxyl groups excluding tert-OH is 1. The number of aliphatic hydroxyl groups is 1. The lowest BCUT2D eigenvalue weighted by molar-refractivity contribution is 0.0448. The molecule has 0 saturated carbocycles. The summed E-state index contributed by atoms with van der Waals surface area (Å²) < 4.78 is 1.85. The van der Waals surface area contributed by atoms with E-state index in [4.69, 9.17) is 5.11 Å². The molecule has 1 saturated heterocycles. The molecule has 0 aromatic carbocycles. The zero-order valence-corrected chi connectivity index (χ0v) is 9.00. The van der Waals surface area contributed by atoms with Crippen LogP contribution in [0, 0.1) is 5.92 Å². The summed E-state index contributed by atoms with van der Waals surface area (Å²) in [5.74, 6) is 1.37. The van der Waals surface area contributed by atoms with Crippen LogP contribution < -0.4 is 0 Å². The predicted octanol–water partition coefficient (Wildman–Crippen LogP) is -0.493. The molecule has 0 radical (unpaired) electrons. The minimum atomic E-state index is 0.288. The molecule has 1 N–H and O–H groups in total. The Morgan fingerprint density at radius 2 is 2.27 bits per heavy atom. The molecule has 0 bridgehead atoms. The number of tetrazole rings is 1. The van der Waals surface area contributed by atoms with Gasteiger partial charge in [-0.3, -0.25) is 4.90 Å². The first-order chi connectivity index (χ1) is 7.33. The second kappa shape index (κ2) is 4.67. The first-order valence-electron chi connectivity index (χ1n) is 5.41. The van der Waals surface area contributed by atoms with E-state index >= 15 is 0 Å². The predicted molar refractivity (Wildman–Crippen MR) is 54.0 cm³/mol. The fourth-order valence-corrected chi connectivity index (χ4v) is 1.84. The molecule has 6 heteroatoms. The van der Waals surface area contributed by atoms with Crippen LogP contribution in [-0.4, -0.2) is 49.9 Å². The summed E-state index contributed by atoms with van der Waals surface area (Å²) in [7, 11) is 0. The third kappa shape index (κ3) is 2.32. The van der Waals surface area contributed by atoms with Gasteiger partial charge in [-0.1, -0.05) is 6.92 Å². The van der Waals surface area contributed by atoms with Gasteiger partial charge in [-0.15, -0.1) is 5.10 Å². The van der Waals surface area contributed by atoms with Gasteiger partial charge < -0.3 is 5.11 Å². The lowest BCUT2D eigenvalue weighted by atomic mass is 10.0. The molecule has 2 rings (SSSR count). The Bertz CT molecular complexity index is 307. The van der Waals surface area contributed by atoms with Crippen LogP contribution >= 0.6 is 0 Å². The average Bonchev–Trinajstić information content (AvgIpc) is 2.59. The van der Waals surface area contributed by atoms with Gasteiger partial charge in [0.05, 0.1) is 6.54 Å². The fourth-order valence-electron chi connectivity index (χ4n) is 1.84. The Balaban J connectivity index is 1.85. The van der Waals surface area contributed by atoms with E-state index in [1.807, 2.05) is 4.68 Å². The highest BCUT2D eigenvalue weighted by Crippen LogP contribution is 2.16. The Labute approximate surface area is 88.9 Å². The third-order valence-corrected chi connectivity index (χ3v) is 2.70. The van der Waals surface area contributed by atoms with E-state index in [-0.39, 0.29) is 6.61 Å². The normalized spacial score (nSPS) is 18.0. The van der Waals surface area contributed by atoms with Gasteiger partial charge in [0.25, 0.3) is 0 Å². The van der Waals surface area contributed by atoms with Crippen molar-refractivity contribution in [1.29, 1.82) is 0 Å². The topological polar surface area (TPSA) is 67.1 Å². The third-order valence-electron chi connectivity index (χ3n) is 2.70. The van der Waals surface area contributed by atoms with Crippen molar-refractivity contribution in [3.05, 3.63) is 5.82 Å². The van der Waals surface area contributed by atoms with Crippen molar-refractivity contribution in [1.82, 2.24) is 25.1 Å². The highest BCUT2D eigenvalue weighted by molar-refractivity contribution is 4.87. The zero-order valence-electron chi connectivity index (χ0n) is 9.00. The molecule has 0 aliphatic carbocycles. The first-order valence-corrected chi connectivity index (χ1v) is 5.41. The molecule has 0 unspecified atom stereocenters. The van der Waals surface area contributed by atoms with Gasteiger partial charge in [0.15, 0.2) is 5.82 Å². The van der Waals surface area contributed by atoms with Crippen LogP contribution in [0.3, 0.4) is 0 Å². The number of aryl methyl sites for hydroxylation is 1. The van der Waals surface area contributed by atoms with Crippen molar-refractivity contribution in [2.24, 2.45) is 5.92 Å². The second-order valence-electron chi connectivity index (χ2n) is 4.06. The molecule has 2 heterocycles. The van der Waals surface area contributed by atoms with E-state index < -0.39 is 0 Å². The second-order valence-corrected chi connectivity index (χ2v) is 4.06. The van der Waals surface area contributed by atoms with Crippen LogP contribution in [0.4, 0.5) is 0 Å². The smallest absolute Gasteiger partial charge is 0.165 e. The van der Waals surface area contributed by atoms with E-state index in [0.717, 1.165) is 38.4 Å². The van der Waals surface area contributed by atoms with Crippen molar-refractivity contribution >= 4 is 0 Å². The Morgan fingerprint density at radius 3 is 2.93 bits per heavy atom. The molecule has 1 fully saturated rings. The average molecular weight is 211 g/mol. The van der Waals surface area contributed by atoms with Gasteiger partial charge in [0.1, 0.15) is 0 Å². The summed E-state index contributed by atoms with van der Waals surface area (Å²) in [5, 5.41) is 20.5. The minimum absolute atomic E-state index is 0.288. The Morgan fingerprint density at radius 1 is 1.47 bits per heavy atom. The summed E-state index contributed by atoms with van der Waals surface area (Å²) in [6.07, 6.45) is 1.04. The van der Waals surface area contributed by atoms with Gasteiger partial charge in [-0.25, -0.2) is 4.68 Å². The molecular weight excluding hydrogens is 194 g/mol. The van der Waals surface area contributed by atoms with Crippen LogP contribution in [0.25, 0.3) is 0 Å². The Hall–Kier alpha value is -1.01. The maximum atomic E-state index is 8.90. The standard InChI is InChI=1S/C9H17N5O/c1-2-3-14-9(10-11-12-14)6-13-4-8(5-13)7-15/h8,15H,2-7H2,1H3. The van der Waals surface area contributed by atoms with Crippen LogP contribution in [0.5, 0.6) is 0 Å². The summed E-state index contributed by atoms with van der Waals surface area (Å²) in [4.78, 5) is 2.25. The minimum Gasteiger partial charge on any atom is -0.396 e. The molecule has 0 spiro atoms. The van der Waals surface area contributed by atoms with E-state index in [9.17, 15) is 0 Å². The van der Waals surface area contributed by atoms with Crippen molar-refractivity contribution < 1.29 is 5.11 Å². The summed E-state index contributed by atoms with van der Waals surface area (Å²) in [6.45, 7) is 5.97. The number of rotatable bonds is 5. The largest absolute Gasteiger partial charge is 0.396 e. The molecule has 15 heavy (non-hydrogen) atoms. The molecule has 1 aromatic heterocycles. The molecule has 1 aliphatic rings. The van der Waals surface area contributed by atoms with Crippen LogP contribution in [0.2, 0.25) is 0 Å². The summed E-state index contributed by atoms with van der Waals surface area (Å²) in [5.41, 5.74) is 0. The molecule has 6 nitrogen and oxygen atoms in total. The SMILES string of the molecule is CCCn1nnnc1CN1CC(CO)C1. The molecular formula is C9H17N5O. The lowest BCUT2D eigenvalue weighted by Crippen LogP contribution is -2.47. The van der Waals surface area contributed by atoms with Gasteiger partial charge in [0, 0.05) is 32.2 Å². The molecule has 1 aromatic rings. The van der Waals surface area contributed by atoms with E-state index in [1.54, 1.807) is 0 Å².